The fourth-order valence-corrected chi connectivity index (χ4v) is 0.217. The number of halogens is 2. The van der Waals surface area contributed by atoms with Gasteiger partial charge in [-0.2, -0.15) is 0 Å². The van der Waals surface area contributed by atoms with E-state index in [1.165, 1.54) is 20.8 Å². The second kappa shape index (κ2) is 2.21. The van der Waals surface area contributed by atoms with E-state index >= 15 is 0 Å². The minimum atomic E-state index is -3.08. The third-order valence-corrected chi connectivity index (χ3v) is 1.28. The first-order chi connectivity index (χ1) is 3.81. The van der Waals surface area contributed by atoms with Crippen molar-refractivity contribution in [3.63, 3.8) is 0 Å². The van der Waals surface area contributed by atoms with Gasteiger partial charge in [0.25, 0.3) is 5.92 Å². The van der Waals surface area contributed by atoms with Gasteiger partial charge in [0.2, 0.25) is 0 Å². The molecule has 0 saturated carbocycles. The largest absolute Gasteiger partial charge is 0.278 e. The highest BCUT2D eigenvalue weighted by molar-refractivity contribution is 4.79. The van der Waals surface area contributed by atoms with Crippen molar-refractivity contribution < 1.29 is 13.9 Å². The summed E-state index contributed by atoms with van der Waals surface area (Å²) in [6.45, 7) is 2.73. The Morgan fingerprint density at radius 1 is 1.22 bits per heavy atom. The first kappa shape index (κ1) is 8.82. The Bertz CT molecular complexity index is 93.7. The zero-order valence-corrected chi connectivity index (χ0v) is 5.87. The van der Waals surface area contributed by atoms with Crippen LogP contribution in [0, 0.1) is 5.41 Å². The van der Waals surface area contributed by atoms with Crippen LogP contribution < -0.4 is 0 Å². The van der Waals surface area contributed by atoms with Gasteiger partial charge in [-0.05, 0) is 0 Å². The Labute approximate surface area is 53.7 Å². The first-order valence-corrected chi connectivity index (χ1v) is 2.77. The summed E-state index contributed by atoms with van der Waals surface area (Å²) in [5.74, 6) is -3.08. The maximum Gasteiger partial charge on any atom is 0.278 e. The molecule has 0 fully saturated rings. The van der Waals surface area contributed by atoms with Crippen LogP contribution in [0.1, 0.15) is 20.8 Å². The predicted molar refractivity (Wildman–Crippen MR) is 30.0 cm³/mol. The molecule has 0 unspecified atom stereocenters. The minimum Gasteiger partial charge on any atom is -0.230 e. The Morgan fingerprint density at radius 2 is 1.56 bits per heavy atom. The maximum absolute atomic E-state index is 12.3. The minimum absolute atomic E-state index is 1.20. The number of hydrogen-bond donors (Lipinski definition) is 0. The molecule has 0 aromatic rings. The van der Waals surface area contributed by atoms with Gasteiger partial charge >= 0.3 is 0 Å². The van der Waals surface area contributed by atoms with Crippen LogP contribution in [0.2, 0.25) is 0 Å². The van der Waals surface area contributed by atoms with Crippen LogP contribution in [0.3, 0.4) is 0 Å². The van der Waals surface area contributed by atoms with Gasteiger partial charge in [0.05, 0.1) is 0 Å². The molecule has 0 rings (SSSR count). The molecule has 0 aliphatic rings. The van der Waals surface area contributed by atoms with Crippen LogP contribution in [-0.4, -0.2) is 12.5 Å². The molecule has 0 amide bonds. The SMILES string of the molecule is CC(C)(C)C(F)(F)C[O]. The van der Waals surface area contributed by atoms with Crippen molar-refractivity contribution in [2.75, 3.05) is 6.61 Å². The summed E-state index contributed by atoms with van der Waals surface area (Å²) < 4.78 is 24.7. The van der Waals surface area contributed by atoms with Crippen LogP contribution in [-0.2, 0) is 5.11 Å². The molecule has 0 atom stereocenters. The number of alkyl halides is 2. The summed E-state index contributed by atoms with van der Waals surface area (Å²) in [4.78, 5) is 0. The summed E-state index contributed by atoms with van der Waals surface area (Å²) in [7, 11) is 0. The zero-order valence-electron chi connectivity index (χ0n) is 5.87. The molecule has 0 spiro atoms. The van der Waals surface area contributed by atoms with Crippen molar-refractivity contribution in [3.05, 3.63) is 0 Å². The quantitative estimate of drug-likeness (QED) is 0.527. The summed E-state index contributed by atoms with van der Waals surface area (Å²) in [5, 5.41) is 9.85. The van der Waals surface area contributed by atoms with Crippen LogP contribution >= 0.6 is 0 Å². The molecule has 0 aromatic carbocycles. The van der Waals surface area contributed by atoms with Gasteiger partial charge in [0.1, 0.15) is 6.61 Å². The normalized spacial score (nSPS) is 14.0. The lowest BCUT2D eigenvalue weighted by Crippen LogP contribution is -2.36. The van der Waals surface area contributed by atoms with Gasteiger partial charge < -0.3 is 0 Å². The monoisotopic (exact) mass is 137 g/mol. The maximum atomic E-state index is 12.3. The average Bonchev–Trinajstić information content (AvgIpc) is 1.64. The topological polar surface area (TPSA) is 19.9 Å². The number of hydrogen-bond acceptors (Lipinski definition) is 0. The fraction of sp³-hybridized carbons (Fsp3) is 1.00. The molecule has 0 heterocycles. The van der Waals surface area contributed by atoms with Gasteiger partial charge in [-0.15, -0.1) is 0 Å². The van der Waals surface area contributed by atoms with Gasteiger partial charge in [0.15, 0.2) is 0 Å². The Hall–Kier alpha value is -0.180. The number of rotatable bonds is 1. The molecule has 0 saturated heterocycles. The molecular weight excluding hydrogens is 126 g/mol. The van der Waals surface area contributed by atoms with Crippen molar-refractivity contribution in [2.24, 2.45) is 5.41 Å². The third-order valence-electron chi connectivity index (χ3n) is 1.28. The van der Waals surface area contributed by atoms with Gasteiger partial charge in [-0.25, -0.2) is 13.9 Å². The lowest BCUT2D eigenvalue weighted by atomic mass is 9.89. The van der Waals surface area contributed by atoms with Crippen LogP contribution in [0.4, 0.5) is 8.78 Å². The zero-order chi connectivity index (χ0) is 7.71. The van der Waals surface area contributed by atoms with Crippen molar-refractivity contribution in [2.45, 2.75) is 26.7 Å². The lowest BCUT2D eigenvalue weighted by molar-refractivity contribution is -0.144. The fourth-order valence-electron chi connectivity index (χ4n) is 0.217. The van der Waals surface area contributed by atoms with Gasteiger partial charge in [-0.3, -0.25) is 0 Å². The molecule has 55 valence electrons. The highest BCUT2D eigenvalue weighted by Gasteiger charge is 2.42. The van der Waals surface area contributed by atoms with E-state index in [0.717, 1.165) is 0 Å². The second-order valence-electron chi connectivity index (χ2n) is 3.10. The Morgan fingerprint density at radius 3 is 1.56 bits per heavy atom. The van der Waals surface area contributed by atoms with Crippen molar-refractivity contribution in [3.8, 4) is 0 Å². The van der Waals surface area contributed by atoms with Crippen LogP contribution in [0.25, 0.3) is 0 Å². The van der Waals surface area contributed by atoms with E-state index in [0.29, 0.717) is 0 Å². The average molecular weight is 137 g/mol. The smallest absolute Gasteiger partial charge is 0.230 e. The summed E-state index contributed by atoms with van der Waals surface area (Å²) >= 11 is 0. The highest BCUT2D eigenvalue weighted by atomic mass is 19.3. The van der Waals surface area contributed by atoms with E-state index in [9.17, 15) is 13.9 Å². The lowest BCUT2D eigenvalue weighted by Gasteiger charge is -2.27. The summed E-state index contributed by atoms with van der Waals surface area (Å²) in [6, 6.07) is 0. The first-order valence-electron chi connectivity index (χ1n) is 2.77. The van der Waals surface area contributed by atoms with E-state index in [2.05, 4.69) is 0 Å². The van der Waals surface area contributed by atoms with E-state index in [1.807, 2.05) is 0 Å². The standard InChI is InChI=1S/C6H11F2O/c1-5(2,3)6(7,8)4-9/h4H2,1-3H3. The van der Waals surface area contributed by atoms with E-state index in [1.54, 1.807) is 0 Å². The summed E-state index contributed by atoms with van der Waals surface area (Å²) in [5.41, 5.74) is -1.20. The van der Waals surface area contributed by atoms with Gasteiger partial charge in [0, 0.05) is 5.41 Å². The second-order valence-corrected chi connectivity index (χ2v) is 3.10. The van der Waals surface area contributed by atoms with Gasteiger partial charge in [-0.1, -0.05) is 20.8 Å². The Kier molecular flexibility index (Phi) is 2.17. The van der Waals surface area contributed by atoms with Crippen LogP contribution in [0.15, 0.2) is 0 Å². The molecule has 0 aliphatic heterocycles. The van der Waals surface area contributed by atoms with E-state index in [-0.39, 0.29) is 0 Å². The van der Waals surface area contributed by atoms with E-state index in [4.69, 9.17) is 0 Å². The molecule has 1 radical (unpaired) electrons. The molecule has 0 N–H and O–H groups in total. The molecule has 0 aromatic heterocycles. The van der Waals surface area contributed by atoms with Crippen molar-refractivity contribution in [1.82, 2.24) is 0 Å². The predicted octanol–water partition coefficient (Wildman–Crippen LogP) is 2.10. The molecular formula is C6H11F2O. The van der Waals surface area contributed by atoms with Crippen LogP contribution in [0.5, 0.6) is 0 Å². The Balaban J connectivity index is 4.14. The summed E-state index contributed by atoms with van der Waals surface area (Å²) in [6.07, 6.45) is 0. The molecule has 9 heavy (non-hydrogen) atoms. The third kappa shape index (κ3) is 1.90. The van der Waals surface area contributed by atoms with Crippen molar-refractivity contribution >= 4 is 0 Å². The molecule has 1 nitrogen and oxygen atoms in total. The van der Waals surface area contributed by atoms with Crippen molar-refractivity contribution in [1.29, 1.82) is 0 Å². The molecule has 0 aliphatic carbocycles. The highest BCUT2D eigenvalue weighted by Crippen LogP contribution is 2.34. The van der Waals surface area contributed by atoms with E-state index < -0.39 is 17.9 Å². The molecule has 3 heteroatoms. The molecule has 0 bridgehead atoms.